The van der Waals surface area contributed by atoms with Crippen LogP contribution in [-0.4, -0.2) is 51.5 Å². The summed E-state index contributed by atoms with van der Waals surface area (Å²) >= 11 is 1.67. The van der Waals surface area contributed by atoms with E-state index in [1.165, 1.54) is 0 Å². The summed E-state index contributed by atoms with van der Waals surface area (Å²) < 4.78 is 12.8. The standard InChI is InChI=1S/C35H44N2O7S/c38-18-19-45-24-31-21-32(28-12-10-25(23-39)11-13-28)44-35(43-31)29-16-14-27(15-17-29)30-7-5-6-26(20-30)22-36-33(40)8-3-1-2-4-9-34(41)37-42/h5-7,10-17,20,31-32,35,38-39,42H,1-4,8-9,18-19,21-24H2,(H,36,40)(H,37,41)/t31-,32+,35+/m0/s1. The van der Waals surface area contributed by atoms with Gasteiger partial charge in [-0.15, -0.1) is 0 Å². The van der Waals surface area contributed by atoms with Crippen molar-refractivity contribution in [3.05, 3.63) is 95.1 Å². The molecule has 4 rings (SSSR count). The van der Waals surface area contributed by atoms with Crippen molar-refractivity contribution in [2.24, 2.45) is 0 Å². The normalized spacial score (nSPS) is 18.0. The zero-order valence-corrected chi connectivity index (χ0v) is 26.3. The number of rotatable bonds is 17. The van der Waals surface area contributed by atoms with Crippen molar-refractivity contribution in [1.29, 1.82) is 0 Å². The van der Waals surface area contributed by atoms with Crippen LogP contribution in [0.4, 0.5) is 0 Å². The maximum absolute atomic E-state index is 12.3. The van der Waals surface area contributed by atoms with Crippen LogP contribution >= 0.6 is 11.8 Å². The summed E-state index contributed by atoms with van der Waals surface area (Å²) in [5.41, 5.74) is 7.56. The fourth-order valence-electron chi connectivity index (χ4n) is 5.27. The lowest BCUT2D eigenvalue weighted by molar-refractivity contribution is -0.245. The lowest BCUT2D eigenvalue weighted by atomic mass is 9.99. The number of hydrogen-bond acceptors (Lipinski definition) is 8. The first kappa shape index (κ1) is 34.6. The van der Waals surface area contributed by atoms with Gasteiger partial charge in [0.05, 0.1) is 25.4 Å². The number of carbonyl (C=O) groups excluding carboxylic acids is 2. The Bertz CT molecular complexity index is 1340. The highest BCUT2D eigenvalue weighted by molar-refractivity contribution is 7.99. The molecule has 3 aromatic rings. The van der Waals surface area contributed by atoms with Gasteiger partial charge >= 0.3 is 0 Å². The third kappa shape index (κ3) is 11.2. The van der Waals surface area contributed by atoms with Crippen LogP contribution in [0.15, 0.2) is 72.8 Å². The molecule has 0 aromatic heterocycles. The maximum Gasteiger partial charge on any atom is 0.243 e. The minimum Gasteiger partial charge on any atom is -0.396 e. The second kappa shape index (κ2) is 18.7. The Morgan fingerprint density at radius 3 is 2.20 bits per heavy atom. The molecule has 0 aliphatic carbocycles. The molecular formula is C35H44N2O7S. The van der Waals surface area contributed by atoms with E-state index in [-0.39, 0.29) is 43.7 Å². The van der Waals surface area contributed by atoms with Gasteiger partial charge in [0.1, 0.15) is 0 Å². The molecule has 2 amide bonds. The van der Waals surface area contributed by atoms with Gasteiger partial charge in [-0.3, -0.25) is 14.8 Å². The van der Waals surface area contributed by atoms with Crippen LogP contribution in [0.25, 0.3) is 11.1 Å². The van der Waals surface area contributed by atoms with Crippen molar-refractivity contribution >= 4 is 23.6 Å². The van der Waals surface area contributed by atoms with Gasteiger partial charge in [-0.05, 0) is 46.7 Å². The molecule has 3 aromatic carbocycles. The number of hydrogen-bond donors (Lipinski definition) is 5. The van der Waals surface area contributed by atoms with Crippen LogP contribution < -0.4 is 10.8 Å². The Morgan fingerprint density at radius 2 is 1.51 bits per heavy atom. The van der Waals surface area contributed by atoms with E-state index in [1.807, 2.05) is 54.6 Å². The van der Waals surface area contributed by atoms with E-state index in [4.69, 9.17) is 14.7 Å². The van der Waals surface area contributed by atoms with Crippen molar-refractivity contribution in [2.75, 3.05) is 18.1 Å². The lowest BCUT2D eigenvalue weighted by Crippen LogP contribution is -2.31. The molecule has 1 aliphatic heterocycles. The van der Waals surface area contributed by atoms with Crippen LogP contribution in [0.5, 0.6) is 0 Å². The highest BCUT2D eigenvalue weighted by atomic mass is 32.2. The molecule has 0 radical (unpaired) electrons. The first-order chi connectivity index (χ1) is 22.0. The average Bonchev–Trinajstić information content (AvgIpc) is 3.09. The molecule has 1 heterocycles. The highest BCUT2D eigenvalue weighted by Gasteiger charge is 2.32. The molecule has 0 unspecified atom stereocenters. The largest absolute Gasteiger partial charge is 0.396 e. The Labute approximate surface area is 269 Å². The molecule has 242 valence electrons. The summed E-state index contributed by atoms with van der Waals surface area (Å²) in [6.45, 7) is 0.579. The van der Waals surface area contributed by atoms with Gasteiger partial charge in [0, 0.05) is 42.9 Å². The number of benzene rings is 3. The van der Waals surface area contributed by atoms with E-state index in [1.54, 1.807) is 17.2 Å². The molecule has 5 N–H and O–H groups in total. The van der Waals surface area contributed by atoms with Crippen LogP contribution in [0.2, 0.25) is 0 Å². The Morgan fingerprint density at radius 1 is 0.800 bits per heavy atom. The Kier molecular flexibility index (Phi) is 14.4. The maximum atomic E-state index is 12.3. The zero-order chi connectivity index (χ0) is 31.9. The number of unbranched alkanes of at least 4 members (excludes halogenated alkanes) is 3. The Hall–Kier alpha value is -3.25. The molecule has 45 heavy (non-hydrogen) atoms. The number of aliphatic hydroxyl groups excluding tert-OH is 2. The van der Waals surface area contributed by atoms with Gasteiger partial charge in [0.15, 0.2) is 6.29 Å². The molecule has 3 atom stereocenters. The van der Waals surface area contributed by atoms with Crippen molar-refractivity contribution in [2.45, 2.75) is 76.6 Å². The fraction of sp³-hybridized carbons (Fsp3) is 0.429. The van der Waals surface area contributed by atoms with Crippen molar-refractivity contribution in [3.8, 4) is 11.1 Å². The monoisotopic (exact) mass is 636 g/mol. The second-order valence-corrected chi connectivity index (χ2v) is 12.3. The smallest absolute Gasteiger partial charge is 0.243 e. The van der Waals surface area contributed by atoms with E-state index in [2.05, 4.69) is 23.5 Å². The first-order valence-corrected chi connectivity index (χ1v) is 16.7. The number of nitrogens with one attached hydrogen (secondary N) is 2. The molecule has 1 saturated heterocycles. The van der Waals surface area contributed by atoms with Gasteiger partial charge in [-0.25, -0.2) is 5.48 Å². The molecule has 9 nitrogen and oxygen atoms in total. The second-order valence-electron chi connectivity index (χ2n) is 11.2. The van der Waals surface area contributed by atoms with Gasteiger partial charge in [0.2, 0.25) is 11.8 Å². The molecule has 0 spiro atoms. The van der Waals surface area contributed by atoms with E-state index < -0.39 is 6.29 Å². The van der Waals surface area contributed by atoms with Gasteiger partial charge in [-0.1, -0.05) is 79.6 Å². The van der Waals surface area contributed by atoms with Crippen LogP contribution in [0.1, 0.15) is 79.6 Å². The third-order valence-corrected chi connectivity index (χ3v) is 8.85. The van der Waals surface area contributed by atoms with Crippen molar-refractivity contribution < 1.29 is 34.5 Å². The summed E-state index contributed by atoms with van der Waals surface area (Å²) in [4.78, 5) is 23.4. The topological polar surface area (TPSA) is 137 Å². The molecular weight excluding hydrogens is 592 g/mol. The Balaban J connectivity index is 1.32. The predicted octanol–water partition coefficient (Wildman–Crippen LogP) is 5.58. The number of hydroxylamine groups is 1. The van der Waals surface area contributed by atoms with Crippen LogP contribution in [0, 0.1) is 0 Å². The fourth-order valence-corrected chi connectivity index (χ4v) is 6.04. The average molecular weight is 637 g/mol. The summed E-state index contributed by atoms with van der Waals surface area (Å²) in [5.74, 6) is 1.04. The minimum atomic E-state index is -0.531. The quantitative estimate of drug-likeness (QED) is 0.0736. The highest BCUT2D eigenvalue weighted by Crippen LogP contribution is 2.39. The third-order valence-electron chi connectivity index (χ3n) is 7.77. The molecule has 1 fully saturated rings. The summed E-state index contributed by atoms with van der Waals surface area (Å²) in [6.07, 6.45) is 3.86. The van der Waals surface area contributed by atoms with E-state index in [0.29, 0.717) is 31.6 Å². The SMILES string of the molecule is O=C(CCCCCCC(=O)NCc1cccc(-c2ccc([C@@H]3O[C@H](CSCCO)C[C@H](c4ccc(CO)cc4)O3)cc2)c1)NO. The predicted molar refractivity (Wildman–Crippen MR) is 174 cm³/mol. The van der Waals surface area contributed by atoms with Crippen molar-refractivity contribution in [3.63, 3.8) is 0 Å². The summed E-state index contributed by atoms with van der Waals surface area (Å²) in [5, 5.41) is 30.2. The molecule has 0 saturated carbocycles. The van der Waals surface area contributed by atoms with E-state index in [9.17, 15) is 19.8 Å². The van der Waals surface area contributed by atoms with Crippen LogP contribution in [-0.2, 0) is 32.2 Å². The summed E-state index contributed by atoms with van der Waals surface area (Å²) in [7, 11) is 0. The van der Waals surface area contributed by atoms with E-state index >= 15 is 0 Å². The minimum absolute atomic E-state index is 0.000323. The number of amides is 2. The van der Waals surface area contributed by atoms with Crippen molar-refractivity contribution in [1.82, 2.24) is 10.8 Å². The van der Waals surface area contributed by atoms with Gasteiger partial charge in [0.25, 0.3) is 0 Å². The first-order valence-electron chi connectivity index (χ1n) is 15.6. The van der Waals surface area contributed by atoms with E-state index in [0.717, 1.165) is 58.4 Å². The number of carbonyl (C=O) groups is 2. The zero-order valence-electron chi connectivity index (χ0n) is 25.5. The number of thioether (sulfide) groups is 1. The molecule has 10 heteroatoms. The van der Waals surface area contributed by atoms with Gasteiger partial charge in [-0.2, -0.15) is 11.8 Å². The number of aliphatic hydroxyl groups is 2. The molecule has 1 aliphatic rings. The molecule has 0 bridgehead atoms. The van der Waals surface area contributed by atoms with Gasteiger partial charge < -0.3 is 25.0 Å². The number of ether oxygens (including phenoxy) is 2. The van der Waals surface area contributed by atoms with Crippen LogP contribution in [0.3, 0.4) is 0 Å². The lowest BCUT2D eigenvalue weighted by Gasteiger charge is -2.36. The summed E-state index contributed by atoms with van der Waals surface area (Å²) in [6, 6.07) is 24.1.